The van der Waals surface area contributed by atoms with Crippen molar-refractivity contribution < 1.29 is 9.53 Å². The maximum Gasteiger partial charge on any atom is 0.278 e. The van der Waals surface area contributed by atoms with Gasteiger partial charge in [-0.25, -0.2) is 4.98 Å². The Kier molecular flexibility index (Phi) is 7.82. The van der Waals surface area contributed by atoms with Gasteiger partial charge in [0.1, 0.15) is 10.4 Å². The number of thioether (sulfide) groups is 1. The van der Waals surface area contributed by atoms with Gasteiger partial charge in [-0.2, -0.15) is 0 Å². The van der Waals surface area contributed by atoms with Gasteiger partial charge >= 0.3 is 0 Å². The highest BCUT2D eigenvalue weighted by molar-refractivity contribution is 7.99. The number of ether oxygens (including phenoxy) is 1. The van der Waals surface area contributed by atoms with Gasteiger partial charge in [0, 0.05) is 31.5 Å². The third-order valence-electron chi connectivity index (χ3n) is 5.90. The summed E-state index contributed by atoms with van der Waals surface area (Å²) in [6.45, 7) is 0. The average Bonchev–Trinajstić information content (AvgIpc) is 3.28. The second-order valence-electron chi connectivity index (χ2n) is 8.71. The number of aromatic nitrogens is 3. The van der Waals surface area contributed by atoms with E-state index < -0.39 is 0 Å². The van der Waals surface area contributed by atoms with Crippen LogP contribution in [0.2, 0.25) is 0 Å². The van der Waals surface area contributed by atoms with E-state index in [1.807, 2.05) is 97.9 Å². The van der Waals surface area contributed by atoms with Crippen molar-refractivity contribution in [2.75, 3.05) is 37.2 Å². The minimum absolute atomic E-state index is 0.0598. The Morgan fingerprint density at radius 3 is 2.44 bits per heavy atom. The van der Waals surface area contributed by atoms with Crippen molar-refractivity contribution in [3.05, 3.63) is 93.2 Å². The van der Waals surface area contributed by atoms with Crippen molar-refractivity contribution >= 4 is 62.9 Å². The van der Waals surface area contributed by atoms with Gasteiger partial charge in [0.05, 0.1) is 24.2 Å². The van der Waals surface area contributed by atoms with Crippen molar-refractivity contribution in [2.24, 2.45) is 0 Å². The molecule has 0 saturated carbocycles. The molecule has 5 rings (SSSR count). The number of amides is 1. The Balaban J connectivity index is 1.54. The van der Waals surface area contributed by atoms with E-state index in [2.05, 4.69) is 5.32 Å². The Labute approximate surface area is 238 Å². The van der Waals surface area contributed by atoms with E-state index in [1.54, 1.807) is 11.7 Å². The minimum atomic E-state index is -0.244. The smallest absolute Gasteiger partial charge is 0.278 e. The summed E-state index contributed by atoms with van der Waals surface area (Å²) < 4.78 is 9.61. The van der Waals surface area contributed by atoms with E-state index in [4.69, 9.17) is 21.9 Å². The number of fused-ring (bicyclic) bond motifs is 1. The van der Waals surface area contributed by atoms with Crippen molar-refractivity contribution in [1.29, 1.82) is 0 Å². The molecule has 0 bridgehead atoms. The number of methoxy groups -OCH3 is 1. The number of nitrogens with zero attached hydrogens (tertiary/aromatic N) is 4. The molecule has 8 nitrogen and oxygen atoms in total. The van der Waals surface area contributed by atoms with Crippen LogP contribution in [0.3, 0.4) is 0 Å². The number of rotatable bonds is 8. The quantitative estimate of drug-likeness (QED) is 0.143. The largest absolute Gasteiger partial charge is 0.497 e. The number of carbonyl (C=O) groups excluding carboxylic acids is 1. The van der Waals surface area contributed by atoms with Gasteiger partial charge in [0.15, 0.2) is 14.8 Å². The number of para-hydroxylation sites is 1. The number of thiazole rings is 1. The van der Waals surface area contributed by atoms with Crippen LogP contribution < -0.4 is 20.5 Å². The SMILES string of the molecule is COc1cccc(-n2c(=S)sc3c(=O)n(-c4ccccc4)c(SCC(=O)Nc4ccc(N(C)C)cc4)nc32)c1. The molecule has 0 spiro atoms. The molecule has 0 aliphatic carbocycles. The number of hydrogen-bond acceptors (Lipinski definition) is 8. The molecule has 0 fully saturated rings. The van der Waals surface area contributed by atoms with Gasteiger partial charge in [-0.15, -0.1) is 0 Å². The first-order chi connectivity index (χ1) is 18.9. The molecule has 0 atom stereocenters. The van der Waals surface area contributed by atoms with Gasteiger partial charge in [-0.05, 0) is 60.7 Å². The van der Waals surface area contributed by atoms with Crippen molar-refractivity contribution in [3.8, 4) is 17.1 Å². The van der Waals surface area contributed by atoms with Crippen LogP contribution in [0.5, 0.6) is 5.75 Å². The van der Waals surface area contributed by atoms with Crippen LogP contribution in [0.15, 0.2) is 88.8 Å². The first kappa shape index (κ1) is 26.7. The first-order valence-electron chi connectivity index (χ1n) is 11.9. The van der Waals surface area contributed by atoms with Crippen molar-refractivity contribution in [3.63, 3.8) is 0 Å². The summed E-state index contributed by atoms with van der Waals surface area (Å²) in [6.07, 6.45) is 0. The molecule has 3 aromatic carbocycles. The lowest BCUT2D eigenvalue weighted by Crippen LogP contribution is -2.22. The van der Waals surface area contributed by atoms with Crippen LogP contribution in [0, 0.1) is 3.95 Å². The van der Waals surface area contributed by atoms with E-state index in [0.717, 1.165) is 11.4 Å². The molecule has 0 unspecified atom stereocenters. The maximum atomic E-state index is 13.8. The molecular weight excluding hydrogens is 551 g/mol. The standard InChI is InChI=1S/C28H25N5O3S3/c1-31(2)19-14-12-18(13-15-19)29-23(34)17-38-27-30-25-24(26(35)33(27)20-8-5-4-6-9-20)39-28(37)32(25)21-10-7-11-22(16-21)36-3/h4-16H,17H2,1-3H3,(H,29,34). The maximum absolute atomic E-state index is 13.8. The first-order valence-corrected chi connectivity index (χ1v) is 14.1. The van der Waals surface area contributed by atoms with Crippen LogP contribution in [0.1, 0.15) is 0 Å². The van der Waals surface area contributed by atoms with Gasteiger partial charge in [-0.1, -0.05) is 47.4 Å². The van der Waals surface area contributed by atoms with Crippen LogP contribution in [0.4, 0.5) is 11.4 Å². The molecule has 198 valence electrons. The zero-order valence-corrected chi connectivity index (χ0v) is 23.9. The average molecular weight is 576 g/mol. The molecule has 39 heavy (non-hydrogen) atoms. The summed E-state index contributed by atoms with van der Waals surface area (Å²) in [7, 11) is 5.51. The van der Waals surface area contributed by atoms with E-state index in [0.29, 0.717) is 36.6 Å². The highest BCUT2D eigenvalue weighted by atomic mass is 32.2. The fraction of sp³-hybridized carbons (Fsp3) is 0.143. The van der Waals surface area contributed by atoms with Crippen LogP contribution in [-0.2, 0) is 4.79 Å². The zero-order chi connectivity index (χ0) is 27.5. The lowest BCUT2D eigenvalue weighted by molar-refractivity contribution is -0.113. The molecular formula is C28H25N5O3S3. The lowest BCUT2D eigenvalue weighted by atomic mass is 10.2. The summed E-state index contributed by atoms with van der Waals surface area (Å²) >= 11 is 8.06. The third kappa shape index (κ3) is 5.60. The number of anilines is 2. The summed E-state index contributed by atoms with van der Waals surface area (Å²) in [4.78, 5) is 33.6. The second kappa shape index (κ2) is 11.4. The molecule has 0 radical (unpaired) electrons. The van der Waals surface area contributed by atoms with Gasteiger partial charge < -0.3 is 15.0 Å². The summed E-state index contributed by atoms with van der Waals surface area (Å²) in [5.74, 6) is 0.516. The number of hydrogen-bond donors (Lipinski definition) is 1. The van der Waals surface area contributed by atoms with Gasteiger partial charge in [0.25, 0.3) is 5.56 Å². The summed E-state index contributed by atoms with van der Waals surface area (Å²) in [5, 5.41) is 3.31. The van der Waals surface area contributed by atoms with Gasteiger partial charge in [-0.3, -0.25) is 18.7 Å². The predicted octanol–water partition coefficient (Wildman–Crippen LogP) is 5.77. The molecule has 5 aromatic rings. The Bertz CT molecular complexity index is 1760. The van der Waals surface area contributed by atoms with Crippen LogP contribution in [-0.4, -0.2) is 47.0 Å². The molecule has 2 heterocycles. The molecule has 11 heteroatoms. The summed E-state index contributed by atoms with van der Waals surface area (Å²) in [5.41, 5.74) is 3.33. The van der Waals surface area contributed by atoms with E-state index >= 15 is 0 Å². The number of benzene rings is 3. The Morgan fingerprint density at radius 2 is 1.74 bits per heavy atom. The number of carbonyl (C=O) groups is 1. The van der Waals surface area contributed by atoms with E-state index in [-0.39, 0.29) is 17.2 Å². The van der Waals surface area contributed by atoms with E-state index in [1.165, 1.54) is 27.7 Å². The van der Waals surface area contributed by atoms with Crippen molar-refractivity contribution in [2.45, 2.75) is 5.16 Å². The predicted molar refractivity (Wildman–Crippen MR) is 162 cm³/mol. The summed E-state index contributed by atoms with van der Waals surface area (Å²) in [6, 6.07) is 24.3. The van der Waals surface area contributed by atoms with E-state index in [9.17, 15) is 9.59 Å². The fourth-order valence-corrected chi connectivity index (χ4v) is 6.09. The molecule has 0 aliphatic heterocycles. The highest BCUT2D eigenvalue weighted by Crippen LogP contribution is 2.29. The molecule has 0 aliphatic rings. The molecule has 1 amide bonds. The van der Waals surface area contributed by atoms with Crippen LogP contribution >= 0.6 is 35.3 Å². The Hall–Kier alpha value is -3.93. The zero-order valence-electron chi connectivity index (χ0n) is 21.5. The van der Waals surface area contributed by atoms with Crippen molar-refractivity contribution in [1.82, 2.24) is 14.1 Å². The Morgan fingerprint density at radius 1 is 1.03 bits per heavy atom. The normalized spacial score (nSPS) is 10.9. The lowest BCUT2D eigenvalue weighted by Gasteiger charge is -2.14. The second-order valence-corrected chi connectivity index (χ2v) is 11.3. The van der Waals surface area contributed by atoms with Crippen LogP contribution in [0.25, 0.3) is 21.7 Å². The molecule has 2 aromatic heterocycles. The topological polar surface area (TPSA) is 81.4 Å². The third-order valence-corrected chi connectivity index (χ3v) is 8.19. The number of nitrogens with one attached hydrogen (secondary N) is 1. The monoisotopic (exact) mass is 575 g/mol. The molecule has 0 saturated heterocycles. The fourth-order valence-electron chi connectivity index (χ4n) is 3.98. The minimum Gasteiger partial charge on any atom is -0.497 e. The van der Waals surface area contributed by atoms with Gasteiger partial charge in [0.2, 0.25) is 5.91 Å². The molecule has 1 N–H and O–H groups in total. The highest BCUT2D eigenvalue weighted by Gasteiger charge is 2.20.